The largest absolute Gasteiger partial charge is 0.492 e. The minimum absolute atomic E-state index is 0.702. The zero-order valence-electron chi connectivity index (χ0n) is 10.8. The summed E-state index contributed by atoms with van der Waals surface area (Å²) in [5, 5.41) is 3.83. The lowest BCUT2D eigenvalue weighted by Gasteiger charge is -2.12. The van der Waals surface area contributed by atoms with Gasteiger partial charge in [0.1, 0.15) is 5.75 Å². The van der Waals surface area contributed by atoms with E-state index in [0.29, 0.717) is 5.02 Å². The third kappa shape index (κ3) is 4.97. The topological polar surface area (TPSA) is 21.3 Å². The van der Waals surface area contributed by atoms with Crippen molar-refractivity contribution in [2.24, 2.45) is 0 Å². The van der Waals surface area contributed by atoms with Gasteiger partial charge in [0.15, 0.2) is 0 Å². The summed E-state index contributed by atoms with van der Waals surface area (Å²) in [4.78, 5) is 0. The third-order valence-corrected chi connectivity index (χ3v) is 2.96. The molecule has 0 heterocycles. The van der Waals surface area contributed by atoms with E-state index in [9.17, 15) is 0 Å². The molecule has 0 atom stereocenters. The van der Waals surface area contributed by atoms with Crippen molar-refractivity contribution in [3.63, 3.8) is 0 Å². The fourth-order valence-corrected chi connectivity index (χ4v) is 2.00. The van der Waals surface area contributed by atoms with Crippen LogP contribution in [0.15, 0.2) is 18.2 Å². The Bertz CT molecular complexity index is 328. The maximum Gasteiger partial charge on any atom is 0.142 e. The van der Waals surface area contributed by atoms with E-state index >= 15 is 0 Å². The molecule has 0 unspecified atom stereocenters. The SMILES string of the molecule is CCCCCCOc1c(Cl)cccc1CNC. The summed E-state index contributed by atoms with van der Waals surface area (Å²) in [6.07, 6.45) is 4.84. The van der Waals surface area contributed by atoms with Crippen molar-refractivity contribution >= 4 is 11.6 Å². The second-order valence-electron chi connectivity index (χ2n) is 4.17. The average Bonchev–Trinajstić information content (AvgIpc) is 2.32. The van der Waals surface area contributed by atoms with E-state index in [1.54, 1.807) is 0 Å². The number of rotatable bonds is 8. The van der Waals surface area contributed by atoms with Crippen LogP contribution in [0.5, 0.6) is 5.75 Å². The second kappa shape index (κ2) is 8.37. The Hall–Kier alpha value is -0.730. The zero-order valence-corrected chi connectivity index (χ0v) is 11.5. The van der Waals surface area contributed by atoms with E-state index in [1.165, 1.54) is 19.3 Å². The van der Waals surface area contributed by atoms with Crippen LogP contribution in [-0.2, 0) is 6.54 Å². The lowest BCUT2D eigenvalue weighted by Crippen LogP contribution is -2.08. The number of hydrogen-bond acceptors (Lipinski definition) is 2. The number of nitrogens with one attached hydrogen (secondary N) is 1. The number of para-hydroxylation sites is 1. The van der Waals surface area contributed by atoms with Crippen molar-refractivity contribution in [1.29, 1.82) is 0 Å². The van der Waals surface area contributed by atoms with Crippen LogP contribution in [0.3, 0.4) is 0 Å². The summed E-state index contributed by atoms with van der Waals surface area (Å²) in [7, 11) is 1.92. The highest BCUT2D eigenvalue weighted by Crippen LogP contribution is 2.28. The van der Waals surface area contributed by atoms with Crippen molar-refractivity contribution in [3.05, 3.63) is 28.8 Å². The van der Waals surface area contributed by atoms with E-state index in [4.69, 9.17) is 16.3 Å². The number of unbranched alkanes of at least 4 members (excludes halogenated alkanes) is 3. The van der Waals surface area contributed by atoms with Gasteiger partial charge in [-0.3, -0.25) is 0 Å². The van der Waals surface area contributed by atoms with E-state index in [1.807, 2.05) is 25.2 Å². The van der Waals surface area contributed by atoms with Gasteiger partial charge in [-0.05, 0) is 19.5 Å². The Labute approximate surface area is 109 Å². The highest BCUT2D eigenvalue weighted by atomic mass is 35.5. The van der Waals surface area contributed by atoms with Gasteiger partial charge in [-0.1, -0.05) is 49.9 Å². The van der Waals surface area contributed by atoms with Crippen LogP contribution >= 0.6 is 11.6 Å². The van der Waals surface area contributed by atoms with Crippen LogP contribution < -0.4 is 10.1 Å². The van der Waals surface area contributed by atoms with Crippen LogP contribution in [0.4, 0.5) is 0 Å². The van der Waals surface area contributed by atoms with Gasteiger partial charge in [-0.2, -0.15) is 0 Å². The zero-order chi connectivity index (χ0) is 12.5. The summed E-state index contributed by atoms with van der Waals surface area (Å²) in [6.45, 7) is 3.74. The highest BCUT2D eigenvalue weighted by Gasteiger charge is 2.07. The first kappa shape index (κ1) is 14.3. The molecule has 0 aliphatic carbocycles. The van der Waals surface area contributed by atoms with Gasteiger partial charge in [0, 0.05) is 12.1 Å². The lowest BCUT2D eigenvalue weighted by atomic mass is 10.2. The first-order chi connectivity index (χ1) is 8.29. The molecule has 1 rings (SSSR count). The number of halogens is 1. The second-order valence-corrected chi connectivity index (χ2v) is 4.57. The molecule has 2 nitrogen and oxygen atoms in total. The van der Waals surface area contributed by atoms with Gasteiger partial charge in [-0.15, -0.1) is 0 Å². The summed E-state index contributed by atoms with van der Waals surface area (Å²) >= 11 is 6.15. The molecular weight excluding hydrogens is 234 g/mol. The van der Waals surface area contributed by atoms with Crippen molar-refractivity contribution < 1.29 is 4.74 Å². The Morgan fingerprint density at radius 1 is 1.24 bits per heavy atom. The Morgan fingerprint density at radius 3 is 2.76 bits per heavy atom. The quantitative estimate of drug-likeness (QED) is 0.709. The molecule has 0 radical (unpaired) electrons. The predicted molar refractivity (Wildman–Crippen MR) is 73.9 cm³/mol. The van der Waals surface area contributed by atoms with Gasteiger partial charge < -0.3 is 10.1 Å². The fourth-order valence-electron chi connectivity index (χ4n) is 1.75. The van der Waals surface area contributed by atoms with Gasteiger partial charge >= 0.3 is 0 Å². The molecule has 0 saturated heterocycles. The average molecular weight is 256 g/mol. The van der Waals surface area contributed by atoms with Crippen molar-refractivity contribution in [3.8, 4) is 5.75 Å². The first-order valence-electron chi connectivity index (χ1n) is 6.34. The molecule has 0 aliphatic heterocycles. The summed E-state index contributed by atoms with van der Waals surface area (Å²) in [6, 6.07) is 5.88. The maximum absolute atomic E-state index is 6.15. The molecule has 1 aromatic carbocycles. The number of hydrogen-bond donors (Lipinski definition) is 1. The van der Waals surface area contributed by atoms with Crippen LogP contribution in [0, 0.1) is 0 Å². The molecular formula is C14H22ClNO. The van der Waals surface area contributed by atoms with Crippen molar-refractivity contribution in [2.45, 2.75) is 39.2 Å². The van der Waals surface area contributed by atoms with Crippen molar-refractivity contribution in [2.75, 3.05) is 13.7 Å². The molecule has 1 aromatic rings. The predicted octanol–water partition coefficient (Wildman–Crippen LogP) is 4.02. The smallest absolute Gasteiger partial charge is 0.142 e. The molecule has 0 spiro atoms. The normalized spacial score (nSPS) is 10.5. The van der Waals surface area contributed by atoms with Crippen molar-refractivity contribution in [1.82, 2.24) is 5.32 Å². The number of ether oxygens (including phenoxy) is 1. The molecule has 0 aromatic heterocycles. The van der Waals surface area contributed by atoms with E-state index in [-0.39, 0.29) is 0 Å². The van der Waals surface area contributed by atoms with E-state index in [2.05, 4.69) is 12.2 Å². The van der Waals surface area contributed by atoms with Gasteiger partial charge in [-0.25, -0.2) is 0 Å². The molecule has 0 bridgehead atoms. The first-order valence-corrected chi connectivity index (χ1v) is 6.72. The monoisotopic (exact) mass is 255 g/mol. The highest BCUT2D eigenvalue weighted by molar-refractivity contribution is 6.32. The minimum atomic E-state index is 0.702. The van der Waals surface area contributed by atoms with Crippen LogP contribution in [0.25, 0.3) is 0 Å². The van der Waals surface area contributed by atoms with E-state index < -0.39 is 0 Å². The molecule has 0 aliphatic rings. The third-order valence-electron chi connectivity index (χ3n) is 2.66. The molecule has 0 fully saturated rings. The Kier molecular flexibility index (Phi) is 7.06. The lowest BCUT2D eigenvalue weighted by molar-refractivity contribution is 0.302. The molecule has 96 valence electrons. The molecule has 1 N–H and O–H groups in total. The van der Waals surface area contributed by atoms with Gasteiger partial charge in [0.25, 0.3) is 0 Å². The number of benzene rings is 1. The van der Waals surface area contributed by atoms with Gasteiger partial charge in [0.05, 0.1) is 11.6 Å². The van der Waals surface area contributed by atoms with Crippen LogP contribution in [-0.4, -0.2) is 13.7 Å². The Morgan fingerprint density at radius 2 is 2.06 bits per heavy atom. The molecule has 0 amide bonds. The molecule has 0 saturated carbocycles. The Balaban J connectivity index is 2.50. The van der Waals surface area contributed by atoms with E-state index in [0.717, 1.165) is 30.9 Å². The van der Waals surface area contributed by atoms with Gasteiger partial charge in [0.2, 0.25) is 0 Å². The van der Waals surface area contributed by atoms with Crippen LogP contribution in [0.2, 0.25) is 5.02 Å². The summed E-state index contributed by atoms with van der Waals surface area (Å²) in [5.74, 6) is 0.833. The maximum atomic E-state index is 6.15. The summed E-state index contributed by atoms with van der Waals surface area (Å²) < 4.78 is 5.80. The van der Waals surface area contributed by atoms with Crippen LogP contribution in [0.1, 0.15) is 38.2 Å². The summed E-state index contributed by atoms with van der Waals surface area (Å²) in [5.41, 5.74) is 1.12. The molecule has 17 heavy (non-hydrogen) atoms. The standard InChI is InChI=1S/C14H22ClNO/c1-3-4-5-6-10-17-14-12(11-16-2)8-7-9-13(14)15/h7-9,16H,3-6,10-11H2,1-2H3. The molecule has 3 heteroatoms. The fraction of sp³-hybridized carbons (Fsp3) is 0.571. The minimum Gasteiger partial charge on any atom is -0.492 e.